The van der Waals surface area contributed by atoms with Crippen LogP contribution in [0.2, 0.25) is 0 Å². The van der Waals surface area contributed by atoms with Crippen molar-refractivity contribution in [2.24, 2.45) is 5.92 Å². The molecule has 2 rings (SSSR count). The third-order valence-electron chi connectivity index (χ3n) is 4.49. The predicted octanol–water partition coefficient (Wildman–Crippen LogP) is 3.84. The van der Waals surface area contributed by atoms with Crippen LogP contribution in [0.15, 0.2) is 30.3 Å². The van der Waals surface area contributed by atoms with E-state index in [1.807, 2.05) is 0 Å². The molecule has 1 aliphatic carbocycles. The van der Waals surface area contributed by atoms with Crippen LogP contribution in [-0.2, 0) is 6.54 Å². The van der Waals surface area contributed by atoms with Gasteiger partial charge < -0.3 is 5.11 Å². The molecule has 0 heterocycles. The van der Waals surface area contributed by atoms with Gasteiger partial charge in [-0.1, -0.05) is 43.2 Å². The van der Waals surface area contributed by atoms with Gasteiger partial charge in [0.05, 0.1) is 6.10 Å². The second-order valence-corrected chi connectivity index (χ2v) is 7.15. The molecule has 0 radical (unpaired) electrons. The highest BCUT2D eigenvalue weighted by atomic mass is 16.3. The van der Waals surface area contributed by atoms with Crippen LogP contribution in [-0.4, -0.2) is 28.2 Å². The minimum Gasteiger partial charge on any atom is -0.393 e. The maximum atomic E-state index is 10.2. The Morgan fingerprint density at radius 1 is 1.10 bits per heavy atom. The Balaban J connectivity index is 2.04. The molecule has 0 bridgehead atoms. The van der Waals surface area contributed by atoms with E-state index in [0.29, 0.717) is 5.92 Å². The first-order chi connectivity index (χ1) is 9.47. The molecule has 1 aromatic carbocycles. The fraction of sp³-hybridized carbons (Fsp3) is 0.667. The quantitative estimate of drug-likeness (QED) is 0.902. The molecule has 1 fully saturated rings. The number of nitrogens with zero attached hydrogens (tertiary/aromatic N) is 1. The third kappa shape index (κ3) is 4.32. The van der Waals surface area contributed by atoms with Crippen LogP contribution in [0.25, 0.3) is 0 Å². The Hall–Kier alpha value is -0.860. The zero-order chi connectivity index (χ0) is 14.6. The summed E-state index contributed by atoms with van der Waals surface area (Å²) in [5.41, 5.74) is 1.49. The molecule has 20 heavy (non-hydrogen) atoms. The number of hydrogen-bond acceptors (Lipinski definition) is 2. The van der Waals surface area contributed by atoms with E-state index in [9.17, 15) is 5.11 Å². The van der Waals surface area contributed by atoms with Gasteiger partial charge in [0.2, 0.25) is 0 Å². The Morgan fingerprint density at radius 3 is 2.35 bits per heavy atom. The van der Waals surface area contributed by atoms with E-state index in [2.05, 4.69) is 56.0 Å². The van der Waals surface area contributed by atoms with E-state index >= 15 is 0 Å². The highest BCUT2D eigenvalue weighted by Gasteiger charge is 2.29. The van der Waals surface area contributed by atoms with Crippen LogP contribution in [0, 0.1) is 5.92 Å². The second-order valence-electron chi connectivity index (χ2n) is 7.15. The summed E-state index contributed by atoms with van der Waals surface area (Å²) in [5.74, 6) is 0.437. The van der Waals surface area contributed by atoms with Gasteiger partial charge in [0.25, 0.3) is 0 Å². The molecule has 0 amide bonds. The first-order valence-corrected chi connectivity index (χ1v) is 7.94. The molecular formula is C18H29NO. The summed E-state index contributed by atoms with van der Waals surface area (Å²) in [5, 5.41) is 10.2. The molecule has 112 valence electrons. The lowest BCUT2D eigenvalue weighted by molar-refractivity contribution is 0.0192. The number of rotatable bonds is 4. The topological polar surface area (TPSA) is 23.5 Å². The lowest BCUT2D eigenvalue weighted by Crippen LogP contribution is -2.46. The summed E-state index contributed by atoms with van der Waals surface area (Å²) in [7, 11) is 0. The average molecular weight is 275 g/mol. The normalized spacial score (nSPS) is 24.1. The van der Waals surface area contributed by atoms with Crippen molar-refractivity contribution in [2.75, 3.05) is 6.54 Å². The minimum atomic E-state index is -0.107. The summed E-state index contributed by atoms with van der Waals surface area (Å²) in [6.07, 6.45) is 4.50. The summed E-state index contributed by atoms with van der Waals surface area (Å²) in [6.45, 7) is 8.77. The van der Waals surface area contributed by atoms with E-state index in [-0.39, 0.29) is 11.6 Å². The summed E-state index contributed by atoms with van der Waals surface area (Å²) >= 11 is 0. The van der Waals surface area contributed by atoms with Gasteiger partial charge in [-0.3, -0.25) is 4.90 Å². The van der Waals surface area contributed by atoms with Crippen molar-refractivity contribution in [1.29, 1.82) is 0 Å². The smallest absolute Gasteiger partial charge is 0.0580 e. The van der Waals surface area contributed by atoms with Gasteiger partial charge in [-0.05, 0) is 45.1 Å². The molecule has 2 heteroatoms. The lowest BCUT2D eigenvalue weighted by Gasteiger charge is -2.40. The average Bonchev–Trinajstić information content (AvgIpc) is 2.40. The van der Waals surface area contributed by atoms with E-state index in [1.165, 1.54) is 24.8 Å². The molecule has 1 N–H and O–H groups in total. The third-order valence-corrected chi connectivity index (χ3v) is 4.49. The van der Waals surface area contributed by atoms with Crippen molar-refractivity contribution in [2.45, 2.75) is 64.6 Å². The lowest BCUT2D eigenvalue weighted by atomic mass is 9.85. The van der Waals surface area contributed by atoms with Crippen molar-refractivity contribution in [3.05, 3.63) is 35.9 Å². The molecule has 1 aromatic rings. The van der Waals surface area contributed by atoms with Gasteiger partial charge in [0, 0.05) is 18.6 Å². The molecule has 2 atom stereocenters. The fourth-order valence-corrected chi connectivity index (χ4v) is 3.06. The van der Waals surface area contributed by atoms with Crippen LogP contribution in [0.3, 0.4) is 0 Å². The fourth-order valence-electron chi connectivity index (χ4n) is 3.06. The Labute approximate surface area is 123 Å². The zero-order valence-corrected chi connectivity index (χ0v) is 13.2. The molecule has 0 unspecified atom stereocenters. The van der Waals surface area contributed by atoms with E-state index in [4.69, 9.17) is 0 Å². The Bertz CT molecular complexity index is 396. The zero-order valence-electron chi connectivity index (χ0n) is 13.2. The highest BCUT2D eigenvalue weighted by molar-refractivity contribution is 5.14. The highest BCUT2D eigenvalue weighted by Crippen LogP contribution is 2.28. The van der Waals surface area contributed by atoms with Crippen LogP contribution >= 0.6 is 0 Å². The van der Waals surface area contributed by atoms with Crippen LogP contribution < -0.4 is 0 Å². The standard InChI is InChI=1S/C18H29NO/c1-18(2,3)19(13-15-9-5-4-6-10-15)14-16-11-7-8-12-17(16)20/h4-6,9-10,16-17,20H,7-8,11-14H2,1-3H3/t16-,17-/m1/s1. The maximum absolute atomic E-state index is 10.2. The molecule has 1 saturated carbocycles. The minimum absolute atomic E-state index is 0.107. The molecule has 0 aromatic heterocycles. The van der Waals surface area contributed by atoms with Crippen molar-refractivity contribution in [3.8, 4) is 0 Å². The van der Waals surface area contributed by atoms with E-state index in [1.54, 1.807) is 0 Å². The summed E-state index contributed by atoms with van der Waals surface area (Å²) in [4.78, 5) is 2.52. The largest absolute Gasteiger partial charge is 0.393 e. The van der Waals surface area contributed by atoms with Crippen molar-refractivity contribution in [3.63, 3.8) is 0 Å². The SMILES string of the molecule is CC(C)(C)N(Cc1ccccc1)C[C@H]1CCCC[C@H]1O. The Kier molecular flexibility index (Phi) is 5.22. The second kappa shape index (κ2) is 6.73. The van der Waals surface area contributed by atoms with Gasteiger partial charge in [-0.15, -0.1) is 0 Å². The molecule has 1 aliphatic rings. The first-order valence-electron chi connectivity index (χ1n) is 7.94. The van der Waals surface area contributed by atoms with Gasteiger partial charge in [0.1, 0.15) is 0 Å². The molecule has 0 saturated heterocycles. The molecule has 0 aliphatic heterocycles. The van der Waals surface area contributed by atoms with Gasteiger partial charge in [-0.25, -0.2) is 0 Å². The summed E-state index contributed by atoms with van der Waals surface area (Å²) in [6, 6.07) is 10.7. The first kappa shape index (κ1) is 15.5. The molecule has 2 nitrogen and oxygen atoms in total. The van der Waals surface area contributed by atoms with E-state index < -0.39 is 0 Å². The van der Waals surface area contributed by atoms with Crippen molar-refractivity contribution in [1.82, 2.24) is 4.90 Å². The van der Waals surface area contributed by atoms with Crippen molar-refractivity contribution < 1.29 is 5.11 Å². The number of aliphatic hydroxyl groups is 1. The van der Waals surface area contributed by atoms with Crippen LogP contribution in [0.4, 0.5) is 0 Å². The van der Waals surface area contributed by atoms with Gasteiger partial charge >= 0.3 is 0 Å². The number of aliphatic hydroxyl groups excluding tert-OH is 1. The number of benzene rings is 1. The summed E-state index contributed by atoms with van der Waals surface area (Å²) < 4.78 is 0. The van der Waals surface area contributed by atoms with Gasteiger partial charge in [0.15, 0.2) is 0 Å². The predicted molar refractivity (Wildman–Crippen MR) is 84.6 cm³/mol. The monoisotopic (exact) mass is 275 g/mol. The van der Waals surface area contributed by atoms with Crippen LogP contribution in [0.5, 0.6) is 0 Å². The maximum Gasteiger partial charge on any atom is 0.0580 e. The van der Waals surface area contributed by atoms with Gasteiger partial charge in [-0.2, -0.15) is 0 Å². The molecule has 0 spiro atoms. The van der Waals surface area contributed by atoms with E-state index in [0.717, 1.165) is 19.5 Å². The van der Waals surface area contributed by atoms with Crippen molar-refractivity contribution >= 4 is 0 Å². The number of hydrogen-bond donors (Lipinski definition) is 1. The van der Waals surface area contributed by atoms with Crippen LogP contribution in [0.1, 0.15) is 52.0 Å². The molecular weight excluding hydrogens is 246 g/mol. The Morgan fingerprint density at radius 2 is 1.75 bits per heavy atom.